The van der Waals surface area contributed by atoms with Crippen LogP contribution in [0.3, 0.4) is 0 Å². The van der Waals surface area contributed by atoms with Crippen LogP contribution >= 0.6 is 23.1 Å². The van der Waals surface area contributed by atoms with E-state index in [1.54, 1.807) is 30.8 Å². The average Bonchev–Trinajstić information content (AvgIpc) is 2.98. The van der Waals surface area contributed by atoms with Gasteiger partial charge in [-0.3, -0.25) is 0 Å². The lowest BCUT2D eigenvalue weighted by Gasteiger charge is -2.02. The Morgan fingerprint density at radius 3 is 3.12 bits per heavy atom. The molecule has 0 amide bonds. The number of rotatable bonds is 3. The van der Waals surface area contributed by atoms with E-state index in [2.05, 4.69) is 20.3 Å². The van der Waals surface area contributed by atoms with Gasteiger partial charge in [0.15, 0.2) is 0 Å². The molecule has 0 saturated carbocycles. The standard InChI is InChI=1S/C10H8N4OS2/c1-11-9-13-6-2-5-16-7(6)8(14-9)17-10-12-3-4-15-10/h2-5H,1H3,(H,11,13,14). The molecule has 0 atom stereocenters. The maximum atomic E-state index is 5.21. The fourth-order valence-corrected chi connectivity index (χ4v) is 3.06. The van der Waals surface area contributed by atoms with Crippen LogP contribution in [0.25, 0.3) is 10.2 Å². The van der Waals surface area contributed by atoms with Crippen LogP contribution in [0.4, 0.5) is 5.95 Å². The third-order valence-electron chi connectivity index (χ3n) is 2.09. The van der Waals surface area contributed by atoms with Gasteiger partial charge in [-0.2, -0.15) is 0 Å². The highest BCUT2D eigenvalue weighted by molar-refractivity contribution is 7.99. The highest BCUT2D eigenvalue weighted by Gasteiger charge is 2.11. The SMILES string of the molecule is CNc1nc(Sc2ncco2)c2sccc2n1. The van der Waals surface area contributed by atoms with Gasteiger partial charge in [0.25, 0.3) is 5.22 Å². The molecular weight excluding hydrogens is 256 g/mol. The lowest BCUT2D eigenvalue weighted by molar-refractivity contribution is 0.454. The minimum atomic E-state index is 0.584. The number of fused-ring (bicyclic) bond motifs is 1. The molecule has 0 spiro atoms. The smallest absolute Gasteiger partial charge is 0.262 e. The zero-order valence-corrected chi connectivity index (χ0v) is 10.5. The van der Waals surface area contributed by atoms with Crippen molar-refractivity contribution in [3.8, 4) is 0 Å². The molecule has 0 saturated heterocycles. The van der Waals surface area contributed by atoms with Crippen LogP contribution in [0.1, 0.15) is 0 Å². The van der Waals surface area contributed by atoms with Gasteiger partial charge < -0.3 is 9.73 Å². The number of nitrogens with zero attached hydrogens (tertiary/aromatic N) is 3. The zero-order valence-electron chi connectivity index (χ0n) is 8.88. The van der Waals surface area contributed by atoms with Crippen LogP contribution < -0.4 is 5.32 Å². The Hall–Kier alpha value is -1.60. The first kappa shape index (κ1) is 10.5. The van der Waals surface area contributed by atoms with E-state index >= 15 is 0 Å². The quantitative estimate of drug-likeness (QED) is 0.734. The Morgan fingerprint density at radius 1 is 1.41 bits per heavy atom. The molecular formula is C10H8N4OS2. The lowest BCUT2D eigenvalue weighted by Crippen LogP contribution is -1.96. The van der Waals surface area contributed by atoms with Gasteiger partial charge in [-0.1, -0.05) is 0 Å². The maximum Gasteiger partial charge on any atom is 0.262 e. The monoisotopic (exact) mass is 264 g/mol. The van der Waals surface area contributed by atoms with Gasteiger partial charge in [0.2, 0.25) is 5.95 Å². The summed E-state index contributed by atoms with van der Waals surface area (Å²) in [4.78, 5) is 12.9. The molecule has 3 heterocycles. The fourth-order valence-electron chi connectivity index (χ4n) is 1.36. The second kappa shape index (κ2) is 4.34. The van der Waals surface area contributed by atoms with E-state index in [0.29, 0.717) is 11.2 Å². The van der Waals surface area contributed by atoms with Crippen LogP contribution in [0.2, 0.25) is 0 Å². The van der Waals surface area contributed by atoms with Crippen molar-refractivity contribution < 1.29 is 4.42 Å². The van der Waals surface area contributed by atoms with Gasteiger partial charge in [0.05, 0.1) is 16.4 Å². The number of hydrogen-bond acceptors (Lipinski definition) is 7. The first-order valence-electron chi connectivity index (χ1n) is 4.87. The van der Waals surface area contributed by atoms with Gasteiger partial charge in [0, 0.05) is 7.05 Å². The molecule has 3 aromatic heterocycles. The van der Waals surface area contributed by atoms with E-state index in [4.69, 9.17) is 4.42 Å². The van der Waals surface area contributed by atoms with Crippen molar-refractivity contribution >= 4 is 39.3 Å². The predicted molar refractivity (Wildman–Crippen MR) is 67.6 cm³/mol. The normalized spacial score (nSPS) is 10.9. The third kappa shape index (κ3) is 1.98. The number of aromatic nitrogens is 3. The van der Waals surface area contributed by atoms with Crippen molar-refractivity contribution in [1.29, 1.82) is 0 Å². The summed E-state index contributed by atoms with van der Waals surface area (Å²) in [5.74, 6) is 0.602. The summed E-state index contributed by atoms with van der Waals surface area (Å²) < 4.78 is 6.26. The Bertz CT molecular complexity index is 635. The molecule has 1 N–H and O–H groups in total. The molecule has 0 aromatic carbocycles. The average molecular weight is 264 g/mol. The summed E-state index contributed by atoms with van der Waals surface area (Å²) in [6.07, 6.45) is 3.17. The van der Waals surface area contributed by atoms with Crippen molar-refractivity contribution in [1.82, 2.24) is 15.0 Å². The molecule has 0 aliphatic heterocycles. The molecule has 17 heavy (non-hydrogen) atoms. The maximum absolute atomic E-state index is 5.21. The molecule has 86 valence electrons. The molecule has 5 nitrogen and oxygen atoms in total. The van der Waals surface area contributed by atoms with Crippen LogP contribution in [-0.2, 0) is 0 Å². The summed E-state index contributed by atoms with van der Waals surface area (Å²) in [6.45, 7) is 0. The molecule has 3 aromatic rings. The van der Waals surface area contributed by atoms with Gasteiger partial charge in [-0.15, -0.1) is 11.3 Å². The Labute approximate surface area is 105 Å². The van der Waals surface area contributed by atoms with Crippen LogP contribution in [0.15, 0.2) is 38.6 Å². The van der Waals surface area contributed by atoms with Gasteiger partial charge in [-0.25, -0.2) is 15.0 Å². The molecule has 0 unspecified atom stereocenters. The first-order valence-corrected chi connectivity index (χ1v) is 6.57. The Morgan fingerprint density at radius 2 is 2.35 bits per heavy atom. The van der Waals surface area contributed by atoms with Crippen molar-refractivity contribution in [2.24, 2.45) is 0 Å². The van der Waals surface area contributed by atoms with Crippen molar-refractivity contribution in [3.63, 3.8) is 0 Å². The summed E-state index contributed by atoms with van der Waals surface area (Å²) in [6, 6.07) is 1.97. The largest absolute Gasteiger partial charge is 0.440 e. The molecule has 0 radical (unpaired) electrons. The second-order valence-electron chi connectivity index (χ2n) is 3.14. The Kier molecular flexibility index (Phi) is 2.69. The number of nitrogens with one attached hydrogen (secondary N) is 1. The summed E-state index contributed by atoms with van der Waals surface area (Å²) in [5, 5.41) is 6.39. The minimum Gasteiger partial charge on any atom is -0.440 e. The highest BCUT2D eigenvalue weighted by atomic mass is 32.2. The topological polar surface area (TPSA) is 63.8 Å². The van der Waals surface area contributed by atoms with Gasteiger partial charge in [0.1, 0.15) is 11.3 Å². The van der Waals surface area contributed by atoms with Gasteiger partial charge >= 0.3 is 0 Å². The zero-order chi connectivity index (χ0) is 11.7. The molecule has 7 heteroatoms. The third-order valence-corrected chi connectivity index (χ3v) is 3.99. The van der Waals surface area contributed by atoms with E-state index in [9.17, 15) is 0 Å². The minimum absolute atomic E-state index is 0.584. The van der Waals surface area contributed by atoms with Crippen molar-refractivity contribution in [2.75, 3.05) is 12.4 Å². The highest BCUT2D eigenvalue weighted by Crippen LogP contribution is 2.34. The molecule has 3 rings (SSSR count). The molecule has 0 aliphatic rings. The number of oxazole rings is 1. The van der Waals surface area contributed by atoms with Gasteiger partial charge in [-0.05, 0) is 23.2 Å². The number of hydrogen-bond donors (Lipinski definition) is 1. The van der Waals surface area contributed by atoms with E-state index < -0.39 is 0 Å². The van der Waals surface area contributed by atoms with Crippen LogP contribution in [-0.4, -0.2) is 22.0 Å². The van der Waals surface area contributed by atoms with E-state index in [1.807, 2.05) is 11.4 Å². The first-order chi connectivity index (χ1) is 8.36. The lowest BCUT2D eigenvalue weighted by atomic mass is 10.5. The van der Waals surface area contributed by atoms with E-state index in [1.165, 1.54) is 11.8 Å². The summed E-state index contributed by atoms with van der Waals surface area (Å²) >= 11 is 3.01. The number of thiophene rings is 1. The van der Waals surface area contributed by atoms with E-state index in [0.717, 1.165) is 15.2 Å². The van der Waals surface area contributed by atoms with Crippen molar-refractivity contribution in [2.45, 2.75) is 10.2 Å². The molecule has 0 bridgehead atoms. The Balaban J connectivity index is 2.10. The van der Waals surface area contributed by atoms with Crippen molar-refractivity contribution in [3.05, 3.63) is 23.9 Å². The predicted octanol–water partition coefficient (Wildman–Crippen LogP) is 2.87. The van der Waals surface area contributed by atoms with Crippen LogP contribution in [0, 0.1) is 0 Å². The van der Waals surface area contributed by atoms with E-state index in [-0.39, 0.29) is 0 Å². The fraction of sp³-hybridized carbons (Fsp3) is 0.100. The molecule has 0 fully saturated rings. The summed E-state index contributed by atoms with van der Waals surface area (Å²) in [7, 11) is 1.80. The summed E-state index contributed by atoms with van der Waals surface area (Å²) in [5.41, 5.74) is 0.934. The second-order valence-corrected chi connectivity index (χ2v) is 4.99. The molecule has 0 aliphatic carbocycles. The van der Waals surface area contributed by atoms with Crippen LogP contribution in [0.5, 0.6) is 0 Å². The number of anilines is 1.